The molecule has 0 aliphatic rings. The molecule has 2 rings (SSSR count). The second kappa shape index (κ2) is 5.05. The number of benzene rings is 1. The number of carbonyl (C=O) groups is 2. The van der Waals surface area contributed by atoms with Crippen molar-refractivity contribution in [3.8, 4) is 0 Å². The van der Waals surface area contributed by atoms with Gasteiger partial charge < -0.3 is 5.73 Å². The van der Waals surface area contributed by atoms with Crippen LogP contribution in [0.2, 0.25) is 0 Å². The molecule has 0 atom stereocenters. The molecule has 0 bridgehead atoms. The summed E-state index contributed by atoms with van der Waals surface area (Å²) in [6, 6.07) is 8.98. The maximum atomic E-state index is 12.1. The van der Waals surface area contributed by atoms with Gasteiger partial charge in [0.05, 0.1) is 0 Å². The van der Waals surface area contributed by atoms with Crippen molar-refractivity contribution in [3.05, 3.63) is 54.4 Å². The van der Waals surface area contributed by atoms with Gasteiger partial charge in [-0.3, -0.25) is 4.79 Å². The SMILES string of the molecule is NC(=O)N(C(=O)c1ccccc1)c1ncccn1. The molecule has 1 heterocycles. The summed E-state index contributed by atoms with van der Waals surface area (Å²) < 4.78 is 0. The molecule has 6 heteroatoms. The fourth-order valence-electron chi connectivity index (χ4n) is 1.41. The molecular formula is C12H10N4O2. The molecular weight excluding hydrogens is 232 g/mol. The Morgan fingerprint density at radius 1 is 1.00 bits per heavy atom. The summed E-state index contributed by atoms with van der Waals surface area (Å²) in [5, 5.41) is 0. The van der Waals surface area contributed by atoms with E-state index < -0.39 is 11.9 Å². The molecule has 6 nitrogen and oxygen atoms in total. The van der Waals surface area contributed by atoms with E-state index in [1.165, 1.54) is 12.4 Å². The van der Waals surface area contributed by atoms with Gasteiger partial charge in [-0.2, -0.15) is 4.90 Å². The standard InChI is InChI=1S/C12H10N4O2/c13-11(18)16(12-14-7-4-8-15-12)10(17)9-5-2-1-3-6-9/h1-8H,(H2,13,18). The minimum Gasteiger partial charge on any atom is -0.351 e. The van der Waals surface area contributed by atoms with Crippen LogP contribution in [0, 0.1) is 0 Å². The van der Waals surface area contributed by atoms with Crippen molar-refractivity contribution < 1.29 is 9.59 Å². The molecule has 0 saturated heterocycles. The molecule has 0 aliphatic carbocycles. The highest BCUT2D eigenvalue weighted by atomic mass is 16.2. The summed E-state index contributed by atoms with van der Waals surface area (Å²) in [6.07, 6.45) is 2.85. The first kappa shape index (κ1) is 11.7. The van der Waals surface area contributed by atoms with Crippen LogP contribution in [0.5, 0.6) is 0 Å². The Morgan fingerprint density at radius 2 is 1.61 bits per heavy atom. The molecule has 90 valence electrons. The van der Waals surface area contributed by atoms with E-state index in [9.17, 15) is 9.59 Å². The lowest BCUT2D eigenvalue weighted by molar-refractivity contribution is 0.0993. The number of hydrogen-bond acceptors (Lipinski definition) is 4. The van der Waals surface area contributed by atoms with Crippen molar-refractivity contribution in [2.45, 2.75) is 0 Å². The number of nitrogens with zero attached hydrogens (tertiary/aromatic N) is 3. The average molecular weight is 242 g/mol. The lowest BCUT2D eigenvalue weighted by atomic mass is 10.2. The van der Waals surface area contributed by atoms with Gasteiger partial charge in [-0.25, -0.2) is 14.8 Å². The molecule has 1 aromatic carbocycles. The summed E-state index contributed by atoms with van der Waals surface area (Å²) in [7, 11) is 0. The third kappa shape index (κ3) is 2.32. The number of nitrogens with two attached hydrogens (primary N) is 1. The molecule has 0 aliphatic heterocycles. The van der Waals surface area contributed by atoms with Crippen LogP contribution in [-0.2, 0) is 0 Å². The summed E-state index contributed by atoms with van der Waals surface area (Å²) in [5.41, 5.74) is 5.53. The van der Waals surface area contributed by atoms with Gasteiger partial charge in [0, 0.05) is 18.0 Å². The van der Waals surface area contributed by atoms with Gasteiger partial charge in [-0.05, 0) is 18.2 Å². The predicted molar refractivity (Wildman–Crippen MR) is 64.9 cm³/mol. The molecule has 1 aromatic heterocycles. The largest absolute Gasteiger partial charge is 0.351 e. The van der Waals surface area contributed by atoms with E-state index in [2.05, 4.69) is 9.97 Å². The topological polar surface area (TPSA) is 89.2 Å². The average Bonchev–Trinajstić information content (AvgIpc) is 2.40. The molecule has 18 heavy (non-hydrogen) atoms. The van der Waals surface area contributed by atoms with E-state index in [-0.39, 0.29) is 5.95 Å². The second-order valence-corrected chi connectivity index (χ2v) is 3.39. The zero-order valence-corrected chi connectivity index (χ0v) is 9.35. The van der Waals surface area contributed by atoms with Crippen LogP contribution in [0.4, 0.5) is 10.7 Å². The van der Waals surface area contributed by atoms with E-state index in [1.54, 1.807) is 36.4 Å². The molecule has 0 spiro atoms. The number of carbonyl (C=O) groups excluding carboxylic acids is 2. The van der Waals surface area contributed by atoms with Crippen LogP contribution >= 0.6 is 0 Å². The highest BCUT2D eigenvalue weighted by Crippen LogP contribution is 2.11. The van der Waals surface area contributed by atoms with Crippen molar-refractivity contribution in [3.63, 3.8) is 0 Å². The van der Waals surface area contributed by atoms with Crippen LogP contribution < -0.4 is 10.6 Å². The maximum absolute atomic E-state index is 12.1. The number of amides is 3. The first-order chi connectivity index (χ1) is 8.70. The number of anilines is 1. The van der Waals surface area contributed by atoms with Crippen LogP contribution in [0.3, 0.4) is 0 Å². The van der Waals surface area contributed by atoms with Gasteiger partial charge in [0.2, 0.25) is 5.95 Å². The first-order valence-corrected chi connectivity index (χ1v) is 5.16. The monoisotopic (exact) mass is 242 g/mol. The van der Waals surface area contributed by atoms with E-state index in [4.69, 9.17) is 5.73 Å². The molecule has 0 radical (unpaired) electrons. The number of rotatable bonds is 2. The van der Waals surface area contributed by atoms with E-state index in [1.807, 2.05) is 0 Å². The van der Waals surface area contributed by atoms with Crippen LogP contribution in [0.15, 0.2) is 48.8 Å². The number of aromatic nitrogens is 2. The highest BCUT2D eigenvalue weighted by Gasteiger charge is 2.24. The van der Waals surface area contributed by atoms with Gasteiger partial charge in [0.25, 0.3) is 5.91 Å². The molecule has 0 unspecified atom stereocenters. The number of urea groups is 1. The molecule has 2 N–H and O–H groups in total. The predicted octanol–water partition coefficient (Wildman–Crippen LogP) is 1.20. The number of hydrogen-bond donors (Lipinski definition) is 1. The summed E-state index contributed by atoms with van der Waals surface area (Å²) in [6.45, 7) is 0. The van der Waals surface area contributed by atoms with Crippen molar-refractivity contribution >= 4 is 17.9 Å². The van der Waals surface area contributed by atoms with Crippen molar-refractivity contribution in [1.82, 2.24) is 9.97 Å². The lowest BCUT2D eigenvalue weighted by Crippen LogP contribution is -2.41. The minimum absolute atomic E-state index is 0.0427. The minimum atomic E-state index is -0.921. The Kier molecular flexibility index (Phi) is 3.29. The third-order valence-corrected chi connectivity index (χ3v) is 2.20. The fourth-order valence-corrected chi connectivity index (χ4v) is 1.41. The van der Waals surface area contributed by atoms with Crippen molar-refractivity contribution in [2.24, 2.45) is 5.73 Å². The van der Waals surface area contributed by atoms with E-state index >= 15 is 0 Å². The molecule has 3 amide bonds. The third-order valence-electron chi connectivity index (χ3n) is 2.20. The van der Waals surface area contributed by atoms with Crippen LogP contribution in [-0.4, -0.2) is 21.9 Å². The number of primary amides is 1. The molecule has 0 fully saturated rings. The zero-order chi connectivity index (χ0) is 13.0. The summed E-state index contributed by atoms with van der Waals surface area (Å²) >= 11 is 0. The van der Waals surface area contributed by atoms with Gasteiger partial charge in [0.1, 0.15) is 0 Å². The normalized spacial score (nSPS) is 9.78. The highest BCUT2D eigenvalue weighted by molar-refractivity contribution is 6.19. The van der Waals surface area contributed by atoms with Crippen molar-refractivity contribution in [1.29, 1.82) is 0 Å². The van der Waals surface area contributed by atoms with Gasteiger partial charge >= 0.3 is 6.03 Å². The molecule has 0 saturated carbocycles. The van der Waals surface area contributed by atoms with Gasteiger partial charge in [-0.1, -0.05) is 18.2 Å². The van der Waals surface area contributed by atoms with Gasteiger partial charge in [-0.15, -0.1) is 0 Å². The maximum Gasteiger partial charge on any atom is 0.328 e. The Hall–Kier alpha value is -2.76. The Bertz CT molecular complexity index is 557. The van der Waals surface area contributed by atoms with Crippen LogP contribution in [0.1, 0.15) is 10.4 Å². The van der Waals surface area contributed by atoms with E-state index in [0.29, 0.717) is 5.56 Å². The lowest BCUT2D eigenvalue weighted by Gasteiger charge is -2.15. The summed E-state index contributed by atoms with van der Waals surface area (Å²) in [5.74, 6) is -0.604. The fraction of sp³-hybridized carbons (Fsp3) is 0. The quantitative estimate of drug-likeness (QED) is 0.856. The van der Waals surface area contributed by atoms with Gasteiger partial charge in [0.15, 0.2) is 0 Å². The smallest absolute Gasteiger partial charge is 0.328 e. The Morgan fingerprint density at radius 3 is 2.17 bits per heavy atom. The Balaban J connectivity index is 2.39. The van der Waals surface area contributed by atoms with Crippen molar-refractivity contribution in [2.75, 3.05) is 4.90 Å². The first-order valence-electron chi connectivity index (χ1n) is 5.16. The van der Waals surface area contributed by atoms with E-state index in [0.717, 1.165) is 4.90 Å². The summed E-state index contributed by atoms with van der Waals surface area (Å²) in [4.78, 5) is 31.9. The Labute approximate surface area is 103 Å². The second-order valence-electron chi connectivity index (χ2n) is 3.39. The number of imide groups is 1. The van der Waals surface area contributed by atoms with Crippen LogP contribution in [0.25, 0.3) is 0 Å². The zero-order valence-electron chi connectivity index (χ0n) is 9.35. The molecule has 2 aromatic rings.